The Balaban J connectivity index is 2.65. The zero-order chi connectivity index (χ0) is 11.4. The summed E-state index contributed by atoms with van der Waals surface area (Å²) in [5.74, 6) is -1.69. The Morgan fingerprint density at radius 2 is 1.93 bits per heavy atom. The number of nitrogens with one attached hydrogen (secondary N) is 1. The van der Waals surface area contributed by atoms with E-state index in [0.29, 0.717) is 12.1 Å². The van der Waals surface area contributed by atoms with E-state index in [1.54, 1.807) is 6.92 Å². The van der Waals surface area contributed by atoms with Crippen molar-refractivity contribution in [1.82, 2.24) is 5.32 Å². The first-order valence-electron chi connectivity index (χ1n) is 4.87. The van der Waals surface area contributed by atoms with Crippen molar-refractivity contribution in [2.24, 2.45) is 0 Å². The van der Waals surface area contributed by atoms with Crippen molar-refractivity contribution < 1.29 is 13.9 Å². The lowest BCUT2D eigenvalue weighted by atomic mass is 10.1. The standard InChI is InChI=1S/C11H15F2NO/c1-7(15)6-14-8(2)9-3-4-10(12)11(13)5-9/h3-5,7-8,14-15H,6H2,1-2H3. The van der Waals surface area contributed by atoms with Gasteiger partial charge >= 0.3 is 0 Å². The van der Waals surface area contributed by atoms with Gasteiger partial charge in [-0.2, -0.15) is 0 Å². The molecule has 0 heterocycles. The fraction of sp³-hybridized carbons (Fsp3) is 0.455. The topological polar surface area (TPSA) is 32.3 Å². The van der Waals surface area contributed by atoms with E-state index in [-0.39, 0.29) is 6.04 Å². The summed E-state index contributed by atoms with van der Waals surface area (Å²) in [6, 6.07) is 3.67. The normalized spacial score (nSPS) is 15.0. The van der Waals surface area contributed by atoms with Crippen LogP contribution in [0.5, 0.6) is 0 Å². The third-order valence-electron chi connectivity index (χ3n) is 2.16. The molecule has 1 aromatic carbocycles. The molecule has 2 nitrogen and oxygen atoms in total. The summed E-state index contributed by atoms with van der Waals surface area (Å²) in [7, 11) is 0. The second kappa shape index (κ2) is 5.19. The first-order chi connectivity index (χ1) is 7.00. The lowest BCUT2D eigenvalue weighted by Gasteiger charge is -2.15. The van der Waals surface area contributed by atoms with Crippen molar-refractivity contribution in [1.29, 1.82) is 0 Å². The van der Waals surface area contributed by atoms with Crippen LogP contribution in [0.25, 0.3) is 0 Å². The van der Waals surface area contributed by atoms with Crippen LogP contribution in [0.3, 0.4) is 0 Å². The molecule has 0 aliphatic heterocycles. The molecule has 0 aliphatic rings. The molecule has 0 fully saturated rings. The molecular formula is C11H15F2NO. The lowest BCUT2D eigenvalue weighted by molar-refractivity contribution is 0.187. The molecule has 1 aromatic rings. The SMILES string of the molecule is CC(O)CNC(C)c1ccc(F)c(F)c1. The molecular weight excluding hydrogens is 200 g/mol. The van der Waals surface area contributed by atoms with Crippen LogP contribution >= 0.6 is 0 Å². The third kappa shape index (κ3) is 3.57. The number of hydrogen-bond donors (Lipinski definition) is 2. The molecule has 2 atom stereocenters. The summed E-state index contributed by atoms with van der Waals surface area (Å²) in [6.07, 6.45) is -0.460. The van der Waals surface area contributed by atoms with Gasteiger partial charge in [0.1, 0.15) is 0 Å². The van der Waals surface area contributed by atoms with Crippen LogP contribution in [0, 0.1) is 11.6 Å². The number of aliphatic hydroxyl groups is 1. The number of rotatable bonds is 4. The van der Waals surface area contributed by atoms with E-state index in [9.17, 15) is 8.78 Å². The third-order valence-corrected chi connectivity index (χ3v) is 2.16. The van der Waals surface area contributed by atoms with Gasteiger partial charge in [-0.05, 0) is 31.5 Å². The highest BCUT2D eigenvalue weighted by Gasteiger charge is 2.09. The van der Waals surface area contributed by atoms with Crippen LogP contribution in [0.4, 0.5) is 8.78 Å². The van der Waals surface area contributed by atoms with Crippen molar-refractivity contribution in [2.75, 3.05) is 6.54 Å². The van der Waals surface area contributed by atoms with Gasteiger partial charge in [0.05, 0.1) is 6.10 Å². The lowest BCUT2D eigenvalue weighted by Crippen LogP contribution is -2.27. The molecule has 0 saturated heterocycles. The highest BCUT2D eigenvalue weighted by molar-refractivity contribution is 5.20. The monoisotopic (exact) mass is 215 g/mol. The van der Waals surface area contributed by atoms with Crippen molar-refractivity contribution >= 4 is 0 Å². The van der Waals surface area contributed by atoms with Crippen molar-refractivity contribution in [3.63, 3.8) is 0 Å². The maximum Gasteiger partial charge on any atom is 0.159 e. The fourth-order valence-corrected chi connectivity index (χ4v) is 1.25. The van der Waals surface area contributed by atoms with Crippen LogP contribution in [0.2, 0.25) is 0 Å². The molecule has 0 radical (unpaired) electrons. The minimum Gasteiger partial charge on any atom is -0.392 e. The van der Waals surface area contributed by atoms with E-state index >= 15 is 0 Å². The number of hydrogen-bond acceptors (Lipinski definition) is 2. The molecule has 0 saturated carbocycles. The minimum atomic E-state index is -0.849. The first-order valence-corrected chi connectivity index (χ1v) is 4.87. The second-order valence-electron chi connectivity index (χ2n) is 3.65. The average molecular weight is 215 g/mol. The first kappa shape index (κ1) is 12.1. The van der Waals surface area contributed by atoms with E-state index in [1.807, 2.05) is 6.92 Å². The van der Waals surface area contributed by atoms with Gasteiger partial charge in [-0.15, -0.1) is 0 Å². The maximum absolute atomic E-state index is 12.9. The largest absolute Gasteiger partial charge is 0.392 e. The van der Waals surface area contributed by atoms with Gasteiger partial charge in [0.15, 0.2) is 11.6 Å². The van der Waals surface area contributed by atoms with Crippen LogP contribution in [-0.2, 0) is 0 Å². The Labute approximate surface area is 87.9 Å². The van der Waals surface area contributed by atoms with E-state index in [1.165, 1.54) is 6.07 Å². The highest BCUT2D eigenvalue weighted by Crippen LogP contribution is 2.15. The Morgan fingerprint density at radius 1 is 1.27 bits per heavy atom. The van der Waals surface area contributed by atoms with Crippen LogP contribution in [0.1, 0.15) is 25.5 Å². The van der Waals surface area contributed by atoms with Gasteiger partial charge in [-0.1, -0.05) is 6.07 Å². The van der Waals surface area contributed by atoms with E-state index in [4.69, 9.17) is 5.11 Å². The van der Waals surface area contributed by atoms with Crippen molar-refractivity contribution in [2.45, 2.75) is 26.0 Å². The van der Waals surface area contributed by atoms with E-state index < -0.39 is 17.7 Å². The van der Waals surface area contributed by atoms with Gasteiger partial charge in [-0.25, -0.2) is 8.78 Å². The summed E-state index contributed by atoms with van der Waals surface area (Å²) in [6.45, 7) is 3.90. The molecule has 84 valence electrons. The predicted octanol–water partition coefficient (Wildman–Crippen LogP) is 2.00. The van der Waals surface area contributed by atoms with Crippen LogP contribution in [-0.4, -0.2) is 17.8 Å². The predicted molar refractivity (Wildman–Crippen MR) is 54.5 cm³/mol. The minimum absolute atomic E-state index is 0.116. The van der Waals surface area contributed by atoms with E-state index in [2.05, 4.69) is 5.32 Å². The van der Waals surface area contributed by atoms with Crippen LogP contribution < -0.4 is 5.32 Å². The Bertz CT molecular complexity index is 328. The number of halogens is 2. The Kier molecular flexibility index (Phi) is 4.17. The summed E-state index contributed by atoms with van der Waals surface area (Å²) in [5.41, 5.74) is 0.662. The molecule has 0 amide bonds. The molecule has 2 unspecified atom stereocenters. The Hall–Kier alpha value is -1.00. The zero-order valence-corrected chi connectivity index (χ0v) is 8.80. The van der Waals surface area contributed by atoms with Gasteiger partial charge < -0.3 is 10.4 Å². The molecule has 0 aliphatic carbocycles. The Morgan fingerprint density at radius 3 is 2.47 bits per heavy atom. The van der Waals surface area contributed by atoms with Gasteiger partial charge in [0.25, 0.3) is 0 Å². The van der Waals surface area contributed by atoms with Gasteiger partial charge in [0.2, 0.25) is 0 Å². The summed E-state index contributed by atoms with van der Waals surface area (Å²) in [4.78, 5) is 0. The van der Waals surface area contributed by atoms with Gasteiger partial charge in [0, 0.05) is 12.6 Å². The summed E-state index contributed by atoms with van der Waals surface area (Å²) >= 11 is 0. The molecule has 4 heteroatoms. The molecule has 15 heavy (non-hydrogen) atoms. The number of aliphatic hydroxyl groups excluding tert-OH is 1. The number of benzene rings is 1. The maximum atomic E-state index is 12.9. The van der Waals surface area contributed by atoms with Gasteiger partial charge in [-0.3, -0.25) is 0 Å². The molecule has 2 N–H and O–H groups in total. The molecule has 0 spiro atoms. The quantitative estimate of drug-likeness (QED) is 0.805. The molecule has 1 rings (SSSR count). The fourth-order valence-electron chi connectivity index (χ4n) is 1.25. The van der Waals surface area contributed by atoms with E-state index in [0.717, 1.165) is 12.1 Å². The highest BCUT2D eigenvalue weighted by atomic mass is 19.2. The summed E-state index contributed by atoms with van der Waals surface area (Å²) < 4.78 is 25.5. The summed E-state index contributed by atoms with van der Waals surface area (Å²) in [5, 5.41) is 12.1. The molecule has 0 bridgehead atoms. The second-order valence-corrected chi connectivity index (χ2v) is 3.65. The van der Waals surface area contributed by atoms with Crippen molar-refractivity contribution in [3.05, 3.63) is 35.4 Å². The average Bonchev–Trinajstić information content (AvgIpc) is 2.18. The van der Waals surface area contributed by atoms with Crippen LogP contribution in [0.15, 0.2) is 18.2 Å². The zero-order valence-electron chi connectivity index (χ0n) is 8.80. The molecule has 0 aromatic heterocycles. The smallest absolute Gasteiger partial charge is 0.159 e. The van der Waals surface area contributed by atoms with Crippen molar-refractivity contribution in [3.8, 4) is 0 Å².